The third-order valence-corrected chi connectivity index (χ3v) is 5.73. The van der Waals surface area contributed by atoms with Crippen molar-refractivity contribution >= 4 is 23.9 Å². The van der Waals surface area contributed by atoms with Crippen molar-refractivity contribution in [1.29, 1.82) is 0 Å². The molecule has 0 saturated carbocycles. The number of benzene rings is 1. The van der Waals surface area contributed by atoms with Crippen molar-refractivity contribution in [3.63, 3.8) is 0 Å². The second-order valence-corrected chi connectivity index (χ2v) is 9.95. The summed E-state index contributed by atoms with van der Waals surface area (Å²) in [6.07, 6.45) is -0.806. The first-order valence-corrected chi connectivity index (χ1v) is 13.0. The number of pyridine rings is 1. The van der Waals surface area contributed by atoms with Crippen molar-refractivity contribution in [3.8, 4) is 11.3 Å². The molecule has 1 aromatic carbocycles. The Bertz CT molecular complexity index is 1140. The smallest absolute Gasteiger partial charge is 0.460 e. The lowest BCUT2D eigenvalue weighted by molar-refractivity contribution is -0.158. The van der Waals surface area contributed by atoms with Crippen LogP contribution in [0.15, 0.2) is 48.5 Å². The summed E-state index contributed by atoms with van der Waals surface area (Å²) in [5.74, 6) is -1.34. The standard InChI is InChI=1S/C28H36N4O7/c1-5-37-27(36)39-32-18-16-31(17-19-32)26(35)23(14-15-24(33)38-28(2,3)4)30-25(34)22-13-9-12-21(29-22)20-10-7-6-8-11-20/h6-13,23H,5,14-19H2,1-4H3,(H,30,34)/t23-/m0/s1. The second kappa shape index (κ2) is 13.7. The van der Waals surface area contributed by atoms with Crippen LogP contribution in [-0.2, 0) is 23.9 Å². The number of amides is 2. The van der Waals surface area contributed by atoms with Gasteiger partial charge in [0.2, 0.25) is 5.91 Å². The highest BCUT2D eigenvalue weighted by Gasteiger charge is 2.31. The molecule has 3 rings (SSSR count). The third-order valence-electron chi connectivity index (χ3n) is 5.73. The molecule has 0 aliphatic carbocycles. The molecular formula is C28H36N4O7. The van der Waals surface area contributed by atoms with Crippen LogP contribution in [-0.4, -0.2) is 83.3 Å². The molecule has 2 heterocycles. The first-order chi connectivity index (χ1) is 18.6. The molecule has 1 aliphatic rings. The normalized spacial score (nSPS) is 14.7. The molecule has 0 bridgehead atoms. The quantitative estimate of drug-likeness (QED) is 0.477. The first-order valence-electron chi connectivity index (χ1n) is 13.0. The van der Waals surface area contributed by atoms with Gasteiger partial charge in [0.15, 0.2) is 0 Å². The van der Waals surface area contributed by atoms with E-state index in [2.05, 4.69) is 10.3 Å². The molecule has 210 valence electrons. The molecule has 0 spiro atoms. The average Bonchev–Trinajstić information content (AvgIpc) is 2.90. The van der Waals surface area contributed by atoms with Gasteiger partial charge in [-0.1, -0.05) is 36.4 Å². The molecule has 11 nitrogen and oxygen atoms in total. The van der Waals surface area contributed by atoms with E-state index in [4.69, 9.17) is 14.3 Å². The summed E-state index contributed by atoms with van der Waals surface area (Å²) < 4.78 is 10.2. The van der Waals surface area contributed by atoms with Crippen LogP contribution in [0.25, 0.3) is 11.3 Å². The van der Waals surface area contributed by atoms with Crippen LogP contribution < -0.4 is 5.32 Å². The lowest BCUT2D eigenvalue weighted by atomic mass is 10.1. The van der Waals surface area contributed by atoms with Crippen LogP contribution in [0.1, 0.15) is 51.0 Å². The van der Waals surface area contributed by atoms with Crippen molar-refractivity contribution in [1.82, 2.24) is 20.3 Å². The Balaban J connectivity index is 1.70. The average molecular weight is 541 g/mol. The van der Waals surface area contributed by atoms with Crippen molar-refractivity contribution in [2.24, 2.45) is 0 Å². The van der Waals surface area contributed by atoms with E-state index in [1.807, 2.05) is 30.3 Å². The number of ether oxygens (including phenoxy) is 2. The van der Waals surface area contributed by atoms with Gasteiger partial charge >= 0.3 is 12.1 Å². The number of hydroxylamine groups is 2. The number of nitrogens with one attached hydrogen (secondary N) is 1. The van der Waals surface area contributed by atoms with Gasteiger partial charge in [-0.2, -0.15) is 0 Å². The molecule has 2 amide bonds. The van der Waals surface area contributed by atoms with Crippen LogP contribution in [0, 0.1) is 0 Å². The SMILES string of the molecule is CCOC(=O)ON1CCN(C(=O)[C@H](CCC(=O)OC(C)(C)C)NC(=O)c2cccc(-c3ccccc3)n2)CC1. The van der Waals surface area contributed by atoms with E-state index >= 15 is 0 Å². The highest BCUT2D eigenvalue weighted by Crippen LogP contribution is 2.17. The van der Waals surface area contributed by atoms with E-state index in [1.54, 1.807) is 50.8 Å². The van der Waals surface area contributed by atoms with Gasteiger partial charge in [-0.15, -0.1) is 5.06 Å². The molecule has 1 N–H and O–H groups in total. The van der Waals surface area contributed by atoms with Crippen LogP contribution in [0.2, 0.25) is 0 Å². The number of nitrogens with zero attached hydrogens (tertiary/aromatic N) is 3. The fourth-order valence-electron chi connectivity index (χ4n) is 3.94. The summed E-state index contributed by atoms with van der Waals surface area (Å²) in [4.78, 5) is 61.8. The largest absolute Gasteiger partial charge is 0.527 e. The maximum atomic E-state index is 13.5. The number of hydrogen-bond donors (Lipinski definition) is 1. The number of esters is 1. The number of piperazine rings is 1. The van der Waals surface area contributed by atoms with Crippen molar-refractivity contribution in [3.05, 3.63) is 54.2 Å². The maximum absolute atomic E-state index is 13.5. The van der Waals surface area contributed by atoms with Gasteiger partial charge in [0.25, 0.3) is 5.91 Å². The van der Waals surface area contributed by atoms with Crippen molar-refractivity contribution < 1.29 is 33.5 Å². The van der Waals surface area contributed by atoms with Crippen LogP contribution in [0.5, 0.6) is 0 Å². The topological polar surface area (TPSA) is 127 Å². The summed E-state index contributed by atoms with van der Waals surface area (Å²) in [6.45, 7) is 8.24. The van der Waals surface area contributed by atoms with E-state index in [-0.39, 0.29) is 57.2 Å². The van der Waals surface area contributed by atoms with E-state index in [9.17, 15) is 19.2 Å². The molecule has 0 unspecified atom stereocenters. The molecule has 1 saturated heterocycles. The molecule has 1 aliphatic heterocycles. The zero-order valence-electron chi connectivity index (χ0n) is 22.8. The van der Waals surface area contributed by atoms with Crippen LogP contribution in [0.3, 0.4) is 0 Å². The minimum absolute atomic E-state index is 0.0530. The van der Waals surface area contributed by atoms with E-state index in [1.165, 1.54) is 5.06 Å². The Morgan fingerprint density at radius 3 is 2.31 bits per heavy atom. The maximum Gasteiger partial charge on any atom is 0.527 e. The summed E-state index contributed by atoms with van der Waals surface area (Å²) in [5.41, 5.74) is 0.959. The molecule has 39 heavy (non-hydrogen) atoms. The Morgan fingerprint density at radius 2 is 1.67 bits per heavy atom. The molecule has 2 aromatic rings. The van der Waals surface area contributed by atoms with Gasteiger partial charge < -0.3 is 24.5 Å². The summed E-state index contributed by atoms with van der Waals surface area (Å²) in [6, 6.07) is 13.6. The lowest BCUT2D eigenvalue weighted by Crippen LogP contribution is -2.55. The predicted molar refractivity (Wildman–Crippen MR) is 142 cm³/mol. The Labute approximate surface area is 228 Å². The van der Waals surface area contributed by atoms with Gasteiger partial charge in [0, 0.05) is 25.1 Å². The number of rotatable bonds is 9. The van der Waals surface area contributed by atoms with Gasteiger partial charge in [-0.3, -0.25) is 14.4 Å². The summed E-state index contributed by atoms with van der Waals surface area (Å²) in [5, 5.41) is 4.19. The Hall–Kier alpha value is -3.99. The summed E-state index contributed by atoms with van der Waals surface area (Å²) >= 11 is 0. The van der Waals surface area contributed by atoms with Crippen LogP contribution >= 0.6 is 0 Å². The highest BCUT2D eigenvalue weighted by atomic mass is 16.8. The van der Waals surface area contributed by atoms with E-state index < -0.39 is 29.7 Å². The van der Waals surface area contributed by atoms with Crippen LogP contribution in [0.4, 0.5) is 4.79 Å². The fraction of sp³-hybridized carbons (Fsp3) is 0.464. The molecule has 11 heteroatoms. The predicted octanol–water partition coefficient (Wildman–Crippen LogP) is 3.20. The van der Waals surface area contributed by atoms with Gasteiger partial charge in [-0.25, -0.2) is 9.78 Å². The zero-order chi connectivity index (χ0) is 28.4. The summed E-state index contributed by atoms with van der Waals surface area (Å²) in [7, 11) is 0. The first kappa shape index (κ1) is 29.6. The van der Waals surface area contributed by atoms with Crippen molar-refractivity contribution in [2.75, 3.05) is 32.8 Å². The number of aromatic nitrogens is 1. The fourth-order valence-corrected chi connectivity index (χ4v) is 3.94. The Morgan fingerprint density at radius 1 is 0.974 bits per heavy atom. The van der Waals surface area contributed by atoms with Crippen molar-refractivity contribution in [2.45, 2.75) is 52.2 Å². The second-order valence-electron chi connectivity index (χ2n) is 9.95. The lowest BCUT2D eigenvalue weighted by Gasteiger charge is -2.35. The molecule has 1 fully saturated rings. The minimum Gasteiger partial charge on any atom is -0.460 e. The monoisotopic (exact) mass is 540 g/mol. The molecule has 1 atom stereocenters. The number of carbonyl (C=O) groups excluding carboxylic acids is 4. The van der Waals surface area contributed by atoms with Gasteiger partial charge in [0.1, 0.15) is 17.3 Å². The molecular weight excluding hydrogens is 504 g/mol. The molecule has 1 aromatic heterocycles. The number of hydrogen-bond acceptors (Lipinski definition) is 9. The minimum atomic E-state index is -0.982. The highest BCUT2D eigenvalue weighted by molar-refractivity contribution is 5.96. The van der Waals surface area contributed by atoms with Gasteiger partial charge in [0.05, 0.1) is 25.4 Å². The zero-order valence-corrected chi connectivity index (χ0v) is 22.8. The Kier molecular flexibility index (Phi) is 10.4. The van der Waals surface area contributed by atoms with E-state index in [0.29, 0.717) is 5.69 Å². The molecule has 0 radical (unpaired) electrons. The van der Waals surface area contributed by atoms with E-state index in [0.717, 1.165) is 5.56 Å². The third kappa shape index (κ3) is 9.36. The number of carbonyl (C=O) groups is 4. The van der Waals surface area contributed by atoms with Gasteiger partial charge in [-0.05, 0) is 46.2 Å².